The van der Waals surface area contributed by atoms with Crippen molar-refractivity contribution in [3.8, 4) is 0 Å². The first-order valence-corrected chi connectivity index (χ1v) is 3.54. The normalized spacial score (nSPS) is 17.5. The van der Waals surface area contributed by atoms with Gasteiger partial charge in [-0.05, 0) is 5.92 Å². The number of nitrogens with zero attached hydrogens (tertiary/aromatic N) is 2. The summed E-state index contributed by atoms with van der Waals surface area (Å²) in [7, 11) is 0. The molecule has 4 nitrogen and oxygen atoms in total. The van der Waals surface area contributed by atoms with E-state index in [0.717, 1.165) is 6.42 Å². The highest BCUT2D eigenvalue weighted by Gasteiger charge is 2.08. The van der Waals surface area contributed by atoms with Crippen molar-refractivity contribution in [2.45, 2.75) is 26.3 Å². The molecule has 0 rings (SSSR count). The first-order valence-electron chi connectivity index (χ1n) is 3.54. The average Bonchev–Trinajstić information content (AvgIpc) is 1.98. The third kappa shape index (κ3) is 3.40. The standard InChI is InChI=1S/C6H16N4/c1-3-5(2)6(7)4-9-10-8/h5-6H,3-4,7H2,1-2H3,(H2,8,9). The highest BCUT2D eigenvalue weighted by Crippen LogP contribution is 2.04. The summed E-state index contributed by atoms with van der Waals surface area (Å²) in [6.45, 7) is 4.73. The summed E-state index contributed by atoms with van der Waals surface area (Å²) in [5, 5.41) is 6.76. The molecule has 0 aromatic carbocycles. The van der Waals surface area contributed by atoms with Crippen LogP contribution in [0, 0.1) is 5.92 Å². The molecule has 0 aromatic rings. The van der Waals surface area contributed by atoms with Crippen LogP contribution in [0.15, 0.2) is 10.3 Å². The van der Waals surface area contributed by atoms with Crippen LogP contribution < -0.4 is 11.6 Å². The minimum Gasteiger partial charge on any atom is -0.326 e. The van der Waals surface area contributed by atoms with E-state index in [9.17, 15) is 0 Å². The first-order chi connectivity index (χ1) is 4.72. The molecule has 0 aromatic heterocycles. The second-order valence-corrected chi connectivity index (χ2v) is 2.49. The van der Waals surface area contributed by atoms with Crippen LogP contribution in [0.2, 0.25) is 0 Å². The zero-order valence-corrected chi connectivity index (χ0v) is 6.62. The van der Waals surface area contributed by atoms with Crippen LogP contribution in [0.25, 0.3) is 0 Å². The van der Waals surface area contributed by atoms with Gasteiger partial charge in [-0.1, -0.05) is 25.5 Å². The number of hydrogen-bond acceptors (Lipinski definition) is 3. The van der Waals surface area contributed by atoms with E-state index >= 15 is 0 Å². The molecule has 0 amide bonds. The van der Waals surface area contributed by atoms with Gasteiger partial charge in [0.25, 0.3) is 0 Å². The molecule has 0 fully saturated rings. The van der Waals surface area contributed by atoms with Crippen molar-refractivity contribution in [2.75, 3.05) is 6.54 Å². The van der Waals surface area contributed by atoms with E-state index in [4.69, 9.17) is 11.6 Å². The van der Waals surface area contributed by atoms with Crippen molar-refractivity contribution in [3.05, 3.63) is 0 Å². The molecule has 4 N–H and O–H groups in total. The van der Waals surface area contributed by atoms with Crippen LogP contribution in [0.4, 0.5) is 0 Å². The SMILES string of the molecule is CCC(C)C(N)CN=NN. The van der Waals surface area contributed by atoms with Gasteiger partial charge in [-0.3, -0.25) is 0 Å². The molecule has 0 saturated carbocycles. The Balaban J connectivity index is 3.50. The van der Waals surface area contributed by atoms with Crippen LogP contribution >= 0.6 is 0 Å². The Morgan fingerprint density at radius 1 is 1.50 bits per heavy atom. The van der Waals surface area contributed by atoms with Crippen molar-refractivity contribution < 1.29 is 0 Å². The molecule has 4 heteroatoms. The summed E-state index contributed by atoms with van der Waals surface area (Å²) >= 11 is 0. The molecule has 0 bridgehead atoms. The molecule has 0 aliphatic rings. The van der Waals surface area contributed by atoms with Gasteiger partial charge in [-0.15, -0.1) is 0 Å². The minimum atomic E-state index is 0.0947. The lowest BCUT2D eigenvalue weighted by Gasteiger charge is -2.14. The van der Waals surface area contributed by atoms with Gasteiger partial charge in [0.15, 0.2) is 0 Å². The van der Waals surface area contributed by atoms with Crippen molar-refractivity contribution in [2.24, 2.45) is 27.8 Å². The highest BCUT2D eigenvalue weighted by molar-refractivity contribution is 4.68. The molecule has 2 atom stereocenters. The Morgan fingerprint density at radius 3 is 2.50 bits per heavy atom. The molecule has 2 unspecified atom stereocenters. The predicted octanol–water partition coefficient (Wildman–Crippen LogP) is 0.686. The van der Waals surface area contributed by atoms with E-state index in [1.165, 1.54) is 0 Å². The molecule has 0 saturated heterocycles. The summed E-state index contributed by atoms with van der Waals surface area (Å²) in [4.78, 5) is 0. The summed E-state index contributed by atoms with van der Waals surface area (Å²) < 4.78 is 0. The fourth-order valence-corrected chi connectivity index (χ4v) is 0.624. The Hall–Kier alpha value is -0.640. The molecule has 0 aliphatic heterocycles. The second kappa shape index (κ2) is 5.17. The first kappa shape index (κ1) is 9.36. The molecule has 10 heavy (non-hydrogen) atoms. The minimum absolute atomic E-state index is 0.0947. The van der Waals surface area contributed by atoms with E-state index < -0.39 is 0 Å². The van der Waals surface area contributed by atoms with Gasteiger partial charge in [-0.25, -0.2) is 0 Å². The molecular weight excluding hydrogens is 128 g/mol. The summed E-state index contributed by atoms with van der Waals surface area (Å²) in [6.07, 6.45) is 1.07. The second-order valence-electron chi connectivity index (χ2n) is 2.49. The molecule has 0 spiro atoms. The Bertz CT molecular complexity index is 102. The zero-order valence-electron chi connectivity index (χ0n) is 6.62. The molecule has 0 radical (unpaired) electrons. The fraction of sp³-hybridized carbons (Fsp3) is 1.00. The van der Waals surface area contributed by atoms with Gasteiger partial charge in [-0.2, -0.15) is 5.11 Å². The lowest BCUT2D eigenvalue weighted by Crippen LogP contribution is -2.30. The zero-order chi connectivity index (χ0) is 7.98. The molecule has 0 aliphatic carbocycles. The van der Waals surface area contributed by atoms with Crippen molar-refractivity contribution in [3.63, 3.8) is 0 Å². The molecule has 60 valence electrons. The maximum atomic E-state index is 5.70. The Kier molecular flexibility index (Phi) is 4.84. The third-order valence-corrected chi connectivity index (χ3v) is 1.75. The molecule has 0 heterocycles. The smallest absolute Gasteiger partial charge is 0.0773 e. The Labute approximate surface area is 61.7 Å². The number of rotatable bonds is 4. The largest absolute Gasteiger partial charge is 0.326 e. The lowest BCUT2D eigenvalue weighted by molar-refractivity contribution is 0.444. The van der Waals surface area contributed by atoms with Crippen molar-refractivity contribution in [1.82, 2.24) is 0 Å². The summed E-state index contributed by atoms with van der Waals surface area (Å²) in [5.74, 6) is 5.31. The van der Waals surface area contributed by atoms with Crippen LogP contribution in [-0.4, -0.2) is 12.6 Å². The van der Waals surface area contributed by atoms with Crippen LogP contribution in [0.3, 0.4) is 0 Å². The maximum absolute atomic E-state index is 5.70. The van der Waals surface area contributed by atoms with Crippen LogP contribution in [-0.2, 0) is 0 Å². The van der Waals surface area contributed by atoms with Crippen LogP contribution in [0.5, 0.6) is 0 Å². The van der Waals surface area contributed by atoms with E-state index in [2.05, 4.69) is 24.2 Å². The monoisotopic (exact) mass is 144 g/mol. The van der Waals surface area contributed by atoms with Crippen LogP contribution in [0.1, 0.15) is 20.3 Å². The van der Waals surface area contributed by atoms with E-state index in [0.29, 0.717) is 12.5 Å². The number of hydrogen-bond donors (Lipinski definition) is 2. The quantitative estimate of drug-likeness (QED) is 0.346. The summed E-state index contributed by atoms with van der Waals surface area (Å²) in [6, 6.07) is 0.0947. The van der Waals surface area contributed by atoms with Gasteiger partial charge >= 0.3 is 0 Å². The topological polar surface area (TPSA) is 76.8 Å². The Morgan fingerprint density at radius 2 is 2.10 bits per heavy atom. The van der Waals surface area contributed by atoms with E-state index in [1.54, 1.807) is 0 Å². The van der Waals surface area contributed by atoms with Gasteiger partial charge in [0.05, 0.1) is 6.54 Å². The fourth-order valence-electron chi connectivity index (χ4n) is 0.624. The number of nitrogens with two attached hydrogens (primary N) is 2. The molecular formula is C6H16N4. The average molecular weight is 144 g/mol. The van der Waals surface area contributed by atoms with Gasteiger partial charge in [0.2, 0.25) is 0 Å². The summed E-state index contributed by atoms with van der Waals surface area (Å²) in [5.41, 5.74) is 5.70. The van der Waals surface area contributed by atoms with Gasteiger partial charge in [0, 0.05) is 6.04 Å². The van der Waals surface area contributed by atoms with E-state index in [1.807, 2.05) is 0 Å². The van der Waals surface area contributed by atoms with Crippen molar-refractivity contribution in [1.29, 1.82) is 0 Å². The van der Waals surface area contributed by atoms with E-state index in [-0.39, 0.29) is 6.04 Å². The third-order valence-electron chi connectivity index (χ3n) is 1.75. The highest BCUT2D eigenvalue weighted by atomic mass is 15.3. The predicted molar refractivity (Wildman–Crippen MR) is 41.3 cm³/mol. The van der Waals surface area contributed by atoms with Gasteiger partial charge < -0.3 is 11.6 Å². The van der Waals surface area contributed by atoms with Gasteiger partial charge in [0.1, 0.15) is 0 Å². The van der Waals surface area contributed by atoms with Crippen molar-refractivity contribution >= 4 is 0 Å². The lowest BCUT2D eigenvalue weighted by atomic mass is 10.0. The maximum Gasteiger partial charge on any atom is 0.0773 e.